The van der Waals surface area contributed by atoms with Crippen molar-refractivity contribution in [2.75, 3.05) is 7.11 Å². The summed E-state index contributed by atoms with van der Waals surface area (Å²) in [6.45, 7) is 13.0. The van der Waals surface area contributed by atoms with Gasteiger partial charge in [0, 0.05) is 5.57 Å². The molecule has 0 saturated heterocycles. The molecule has 0 aliphatic rings. The highest BCUT2D eigenvalue weighted by molar-refractivity contribution is 5.88. The van der Waals surface area contributed by atoms with Crippen molar-refractivity contribution < 1.29 is 9.53 Å². The van der Waals surface area contributed by atoms with Crippen LogP contribution < -0.4 is 0 Å². The second-order valence-corrected chi connectivity index (χ2v) is 7.88. The Labute approximate surface area is 174 Å². The van der Waals surface area contributed by atoms with Crippen molar-refractivity contribution in [1.29, 1.82) is 0 Å². The first kappa shape index (κ1) is 26.2. The first-order chi connectivity index (χ1) is 13.3. The standard InChI is InChI=1S/C26H42O2/c1-8-12-25(26(27)28-7)20-19-24(6)18-11-17-23(5)16-10-15-22(4)14-9-13-21(2)3/h12-13,15,17,19H,8-11,14,16,18,20H2,1-7H3. The van der Waals surface area contributed by atoms with Gasteiger partial charge in [0.1, 0.15) is 0 Å². The van der Waals surface area contributed by atoms with Gasteiger partial charge in [0.25, 0.3) is 0 Å². The smallest absolute Gasteiger partial charge is 0.333 e. The summed E-state index contributed by atoms with van der Waals surface area (Å²) in [6, 6.07) is 0. The van der Waals surface area contributed by atoms with E-state index in [2.05, 4.69) is 58.9 Å². The molecule has 0 aromatic rings. The maximum Gasteiger partial charge on any atom is 0.333 e. The van der Waals surface area contributed by atoms with Gasteiger partial charge in [0.2, 0.25) is 0 Å². The molecule has 0 unspecified atom stereocenters. The molecule has 0 N–H and O–H groups in total. The van der Waals surface area contributed by atoms with E-state index in [0.29, 0.717) is 6.42 Å². The van der Waals surface area contributed by atoms with E-state index in [-0.39, 0.29) is 5.97 Å². The molecule has 0 radical (unpaired) electrons. The third-order valence-corrected chi connectivity index (χ3v) is 4.72. The second kappa shape index (κ2) is 16.2. The fourth-order valence-corrected chi connectivity index (χ4v) is 2.90. The number of carbonyl (C=O) groups excluding carboxylic acids is 1. The maximum absolute atomic E-state index is 11.7. The zero-order valence-electron chi connectivity index (χ0n) is 19.4. The molecule has 2 heteroatoms. The maximum atomic E-state index is 11.7. The summed E-state index contributed by atoms with van der Waals surface area (Å²) >= 11 is 0. The molecule has 0 rings (SSSR count). The molecular weight excluding hydrogens is 344 g/mol. The van der Waals surface area contributed by atoms with Gasteiger partial charge in [-0.2, -0.15) is 0 Å². The Bertz CT molecular complexity index is 608. The Morgan fingerprint density at radius 3 is 1.61 bits per heavy atom. The summed E-state index contributed by atoms with van der Waals surface area (Å²) in [5.74, 6) is -0.217. The SMILES string of the molecule is CCC=C(CC=C(C)CCC=C(C)CCC=C(C)CCC=C(C)C)C(=O)OC. The highest BCUT2D eigenvalue weighted by Gasteiger charge is 2.06. The molecule has 0 fully saturated rings. The van der Waals surface area contributed by atoms with Crippen LogP contribution in [0.5, 0.6) is 0 Å². The molecule has 0 heterocycles. The predicted octanol–water partition coefficient (Wildman–Crippen LogP) is 8.03. The number of esters is 1. The lowest BCUT2D eigenvalue weighted by Gasteiger charge is -2.04. The van der Waals surface area contributed by atoms with Crippen LogP contribution in [-0.4, -0.2) is 13.1 Å². The van der Waals surface area contributed by atoms with Crippen LogP contribution >= 0.6 is 0 Å². The van der Waals surface area contributed by atoms with E-state index < -0.39 is 0 Å². The van der Waals surface area contributed by atoms with E-state index >= 15 is 0 Å². The molecule has 0 bridgehead atoms. The van der Waals surface area contributed by atoms with Crippen LogP contribution in [0.3, 0.4) is 0 Å². The van der Waals surface area contributed by atoms with Crippen LogP contribution in [0.2, 0.25) is 0 Å². The number of hydrogen-bond donors (Lipinski definition) is 0. The van der Waals surface area contributed by atoms with Crippen molar-refractivity contribution in [3.8, 4) is 0 Å². The van der Waals surface area contributed by atoms with Gasteiger partial charge in [-0.1, -0.05) is 59.6 Å². The topological polar surface area (TPSA) is 26.3 Å². The summed E-state index contributed by atoms with van der Waals surface area (Å²) < 4.78 is 4.84. The van der Waals surface area contributed by atoms with Gasteiger partial charge >= 0.3 is 5.97 Å². The van der Waals surface area contributed by atoms with Gasteiger partial charge in [-0.3, -0.25) is 0 Å². The number of allylic oxidation sites excluding steroid dienone is 9. The van der Waals surface area contributed by atoms with E-state index in [1.807, 2.05) is 13.0 Å². The van der Waals surface area contributed by atoms with E-state index in [9.17, 15) is 4.79 Å². The quantitative estimate of drug-likeness (QED) is 0.182. The Hall–Kier alpha value is -1.83. The van der Waals surface area contributed by atoms with E-state index in [4.69, 9.17) is 4.74 Å². The average Bonchev–Trinajstić information content (AvgIpc) is 2.64. The van der Waals surface area contributed by atoms with Crippen molar-refractivity contribution in [1.82, 2.24) is 0 Å². The lowest BCUT2D eigenvalue weighted by atomic mass is 10.0. The van der Waals surface area contributed by atoms with E-state index in [1.165, 1.54) is 29.4 Å². The summed E-state index contributed by atoms with van der Waals surface area (Å²) in [6.07, 6.45) is 19.3. The van der Waals surface area contributed by atoms with Crippen molar-refractivity contribution in [3.05, 3.63) is 58.2 Å². The van der Waals surface area contributed by atoms with Gasteiger partial charge in [0.05, 0.1) is 7.11 Å². The molecular formula is C26H42O2. The Kier molecular flexibility index (Phi) is 15.1. The van der Waals surface area contributed by atoms with Crippen LogP contribution in [0.15, 0.2) is 58.2 Å². The number of hydrogen-bond acceptors (Lipinski definition) is 2. The summed E-state index contributed by atoms with van der Waals surface area (Å²) in [7, 11) is 1.44. The Morgan fingerprint density at radius 2 is 1.18 bits per heavy atom. The van der Waals surface area contributed by atoms with Crippen LogP contribution in [-0.2, 0) is 9.53 Å². The third-order valence-electron chi connectivity index (χ3n) is 4.72. The normalized spacial score (nSPS) is 13.5. The van der Waals surface area contributed by atoms with Gasteiger partial charge in [0.15, 0.2) is 0 Å². The zero-order valence-corrected chi connectivity index (χ0v) is 19.4. The minimum absolute atomic E-state index is 0.217. The minimum Gasteiger partial charge on any atom is -0.466 e. The summed E-state index contributed by atoms with van der Waals surface area (Å²) in [4.78, 5) is 11.7. The summed E-state index contributed by atoms with van der Waals surface area (Å²) in [5.41, 5.74) is 6.43. The van der Waals surface area contributed by atoms with Crippen molar-refractivity contribution >= 4 is 5.97 Å². The lowest BCUT2D eigenvalue weighted by Crippen LogP contribution is -2.04. The molecule has 158 valence electrons. The van der Waals surface area contributed by atoms with Crippen LogP contribution in [0.4, 0.5) is 0 Å². The van der Waals surface area contributed by atoms with Gasteiger partial charge in [-0.15, -0.1) is 0 Å². The molecule has 0 aromatic heterocycles. The molecule has 0 amide bonds. The molecule has 0 atom stereocenters. The molecule has 0 aliphatic carbocycles. The van der Waals surface area contributed by atoms with Crippen molar-refractivity contribution in [2.45, 2.75) is 92.9 Å². The molecule has 28 heavy (non-hydrogen) atoms. The zero-order chi connectivity index (χ0) is 21.4. The first-order valence-electron chi connectivity index (χ1n) is 10.7. The van der Waals surface area contributed by atoms with Crippen LogP contribution in [0.25, 0.3) is 0 Å². The largest absolute Gasteiger partial charge is 0.466 e. The molecule has 0 aliphatic heterocycles. The number of rotatable bonds is 13. The monoisotopic (exact) mass is 386 g/mol. The highest BCUT2D eigenvalue weighted by atomic mass is 16.5. The summed E-state index contributed by atoms with van der Waals surface area (Å²) in [5, 5.41) is 0. The van der Waals surface area contributed by atoms with Crippen molar-refractivity contribution in [3.63, 3.8) is 0 Å². The second-order valence-electron chi connectivity index (χ2n) is 7.88. The highest BCUT2D eigenvalue weighted by Crippen LogP contribution is 2.15. The van der Waals surface area contributed by atoms with E-state index in [0.717, 1.165) is 50.5 Å². The lowest BCUT2D eigenvalue weighted by molar-refractivity contribution is -0.136. The number of carbonyl (C=O) groups is 1. The van der Waals surface area contributed by atoms with Gasteiger partial charge in [-0.05, 0) is 86.0 Å². The molecule has 0 saturated carbocycles. The number of ether oxygens (including phenoxy) is 1. The molecule has 2 nitrogen and oxygen atoms in total. The fraction of sp³-hybridized carbons (Fsp3) is 0.577. The minimum atomic E-state index is -0.217. The first-order valence-corrected chi connectivity index (χ1v) is 10.7. The average molecular weight is 387 g/mol. The van der Waals surface area contributed by atoms with Gasteiger partial charge < -0.3 is 4.74 Å². The van der Waals surface area contributed by atoms with Crippen LogP contribution in [0, 0.1) is 0 Å². The predicted molar refractivity (Wildman–Crippen MR) is 123 cm³/mol. The number of methoxy groups -OCH3 is 1. The van der Waals surface area contributed by atoms with E-state index in [1.54, 1.807) is 0 Å². The molecule has 0 spiro atoms. The van der Waals surface area contributed by atoms with Crippen molar-refractivity contribution in [2.24, 2.45) is 0 Å². The molecule has 0 aromatic carbocycles. The third kappa shape index (κ3) is 14.3. The Morgan fingerprint density at radius 1 is 0.714 bits per heavy atom. The Balaban J connectivity index is 4.30. The van der Waals surface area contributed by atoms with Gasteiger partial charge in [-0.25, -0.2) is 4.79 Å². The van der Waals surface area contributed by atoms with Crippen LogP contribution in [0.1, 0.15) is 92.9 Å². The fourth-order valence-electron chi connectivity index (χ4n) is 2.90.